The Hall–Kier alpha value is -3.16. The highest BCUT2D eigenvalue weighted by atomic mass is 32.2. The molecule has 2 aliphatic heterocycles. The fourth-order valence-corrected chi connectivity index (χ4v) is 7.43. The molecule has 3 fully saturated rings. The van der Waals surface area contributed by atoms with Crippen LogP contribution in [-0.2, 0) is 11.3 Å². The Morgan fingerprint density at radius 3 is 2.42 bits per heavy atom. The molecule has 0 unspecified atom stereocenters. The molecule has 1 aromatic carbocycles. The molecule has 1 aromatic heterocycles. The third-order valence-corrected chi connectivity index (χ3v) is 9.44. The van der Waals surface area contributed by atoms with Gasteiger partial charge in [0.1, 0.15) is 27.6 Å². The summed E-state index contributed by atoms with van der Waals surface area (Å²) >= 11 is 6.96. The molecule has 0 bridgehead atoms. The van der Waals surface area contributed by atoms with E-state index in [1.807, 2.05) is 24.0 Å². The Kier molecular flexibility index (Phi) is 8.62. The minimum Gasteiger partial charge on any atom is -0.366 e. The number of carbonyl (C=O) groups excluding carboxylic acids is 1. The molecule has 2 saturated heterocycles. The molecule has 3 heterocycles. The monoisotopic (exact) mass is 579 g/mol. The van der Waals surface area contributed by atoms with Crippen molar-refractivity contribution in [2.45, 2.75) is 65.0 Å². The van der Waals surface area contributed by atoms with Crippen molar-refractivity contribution in [2.75, 3.05) is 36.0 Å². The lowest BCUT2D eigenvalue weighted by Crippen LogP contribution is -2.49. The fourth-order valence-electron chi connectivity index (χ4n) is 6.05. The Labute approximate surface area is 244 Å². The quantitative estimate of drug-likeness (QED) is 0.334. The molecule has 1 saturated carbocycles. The van der Waals surface area contributed by atoms with Gasteiger partial charge >= 0.3 is 0 Å². The summed E-state index contributed by atoms with van der Waals surface area (Å²) < 4.78 is 16.7. The van der Waals surface area contributed by atoms with E-state index in [9.17, 15) is 19.2 Å². The molecule has 5 rings (SSSR count). The van der Waals surface area contributed by atoms with E-state index in [0.717, 1.165) is 25.7 Å². The summed E-state index contributed by atoms with van der Waals surface area (Å²) in [5.74, 6) is 0.358. The number of anilines is 2. The van der Waals surface area contributed by atoms with Gasteiger partial charge in [0.15, 0.2) is 0 Å². The number of benzene rings is 1. The van der Waals surface area contributed by atoms with Gasteiger partial charge in [0.25, 0.3) is 11.5 Å². The first-order chi connectivity index (χ1) is 19.3. The minimum atomic E-state index is -0.319. The van der Waals surface area contributed by atoms with Crippen molar-refractivity contribution in [3.05, 3.63) is 62.0 Å². The van der Waals surface area contributed by atoms with Crippen LogP contribution in [0.5, 0.6) is 0 Å². The predicted molar refractivity (Wildman–Crippen MR) is 163 cm³/mol. The first-order valence-electron chi connectivity index (χ1n) is 14.0. The van der Waals surface area contributed by atoms with Crippen LogP contribution in [0.3, 0.4) is 0 Å². The summed E-state index contributed by atoms with van der Waals surface area (Å²) in [6, 6.07) is 9.00. The standard InChI is InChI=1S/C30H34FN5O2S2/c1-3-13-35-27(34-16-14-33(15-17-34)25-12-8-7-11-24(25)31)22(20(2)23(19-32)28(35)37)18-26-29(38)36(30(39)40-26)21-9-5-4-6-10-21/h7-8,11-12,18,21H,3-6,9-10,13-17H2,1-2H3/b26-18-. The number of carbonyl (C=O) groups is 1. The summed E-state index contributed by atoms with van der Waals surface area (Å²) in [4.78, 5) is 33.6. The van der Waals surface area contributed by atoms with E-state index in [1.54, 1.807) is 28.5 Å². The molecular formula is C30H34FN5O2S2. The van der Waals surface area contributed by atoms with Crippen molar-refractivity contribution in [3.63, 3.8) is 0 Å². The highest BCUT2D eigenvalue weighted by Crippen LogP contribution is 2.39. The number of piperazine rings is 1. The maximum atomic E-state index is 14.5. The van der Waals surface area contributed by atoms with Gasteiger partial charge in [-0.25, -0.2) is 4.39 Å². The van der Waals surface area contributed by atoms with Gasteiger partial charge in [-0.2, -0.15) is 5.26 Å². The summed E-state index contributed by atoms with van der Waals surface area (Å²) in [5.41, 5.74) is 1.61. The topological polar surface area (TPSA) is 72.6 Å². The Morgan fingerprint density at radius 2 is 1.77 bits per heavy atom. The van der Waals surface area contributed by atoms with E-state index in [4.69, 9.17) is 12.2 Å². The molecule has 40 heavy (non-hydrogen) atoms. The second-order valence-corrected chi connectivity index (χ2v) is 12.3. The number of thiocarbonyl (C=S) groups is 1. The van der Waals surface area contributed by atoms with Crippen LogP contribution in [0.2, 0.25) is 0 Å². The third-order valence-electron chi connectivity index (χ3n) is 8.10. The van der Waals surface area contributed by atoms with Crippen molar-refractivity contribution in [1.29, 1.82) is 5.26 Å². The summed E-state index contributed by atoms with van der Waals surface area (Å²) in [5, 5.41) is 9.93. The number of rotatable bonds is 6. The van der Waals surface area contributed by atoms with Crippen LogP contribution >= 0.6 is 24.0 Å². The molecular weight excluding hydrogens is 545 g/mol. The van der Waals surface area contributed by atoms with E-state index in [-0.39, 0.29) is 28.9 Å². The SMILES string of the molecule is CCCn1c(N2CCN(c3ccccc3F)CC2)c(/C=C2\SC(=S)N(C3CCCCC3)C2=O)c(C)c(C#N)c1=O. The maximum absolute atomic E-state index is 14.5. The molecule has 0 atom stereocenters. The van der Waals surface area contributed by atoms with Crippen LogP contribution in [0.1, 0.15) is 62.1 Å². The number of thioether (sulfide) groups is 1. The zero-order valence-electron chi connectivity index (χ0n) is 23.0. The molecule has 7 nitrogen and oxygen atoms in total. The first-order valence-corrected chi connectivity index (χ1v) is 15.3. The van der Waals surface area contributed by atoms with Crippen molar-refractivity contribution in [3.8, 4) is 6.07 Å². The van der Waals surface area contributed by atoms with Crippen LogP contribution in [0.15, 0.2) is 34.0 Å². The van der Waals surface area contributed by atoms with Gasteiger partial charge in [-0.3, -0.25) is 19.1 Å². The van der Waals surface area contributed by atoms with Gasteiger partial charge in [0, 0.05) is 44.3 Å². The lowest BCUT2D eigenvalue weighted by atomic mass is 9.94. The first kappa shape index (κ1) is 28.4. The number of hydrogen-bond acceptors (Lipinski definition) is 7. The van der Waals surface area contributed by atoms with E-state index in [0.29, 0.717) is 71.0 Å². The molecule has 2 aromatic rings. The molecule has 0 spiro atoms. The lowest BCUT2D eigenvalue weighted by Gasteiger charge is -2.39. The second-order valence-electron chi connectivity index (χ2n) is 10.6. The Morgan fingerprint density at radius 1 is 1.10 bits per heavy atom. The van der Waals surface area contributed by atoms with Crippen LogP contribution in [0.25, 0.3) is 6.08 Å². The number of halogens is 1. The molecule has 1 amide bonds. The maximum Gasteiger partial charge on any atom is 0.270 e. The largest absolute Gasteiger partial charge is 0.366 e. The number of aromatic nitrogens is 1. The number of nitrogens with zero attached hydrogens (tertiary/aromatic N) is 5. The number of para-hydroxylation sites is 1. The van der Waals surface area contributed by atoms with Crippen molar-refractivity contribution < 1.29 is 9.18 Å². The summed E-state index contributed by atoms with van der Waals surface area (Å²) in [7, 11) is 0. The number of nitriles is 1. The zero-order chi connectivity index (χ0) is 28.4. The van der Waals surface area contributed by atoms with Crippen LogP contribution < -0.4 is 15.4 Å². The fraction of sp³-hybridized carbons (Fsp3) is 0.467. The van der Waals surface area contributed by atoms with Gasteiger partial charge in [0.2, 0.25) is 0 Å². The van der Waals surface area contributed by atoms with Crippen LogP contribution in [0.4, 0.5) is 15.9 Å². The van der Waals surface area contributed by atoms with Gasteiger partial charge in [-0.15, -0.1) is 0 Å². The number of hydrogen-bond donors (Lipinski definition) is 0. The van der Waals surface area contributed by atoms with E-state index in [1.165, 1.54) is 24.2 Å². The predicted octanol–water partition coefficient (Wildman–Crippen LogP) is 5.44. The van der Waals surface area contributed by atoms with Gasteiger partial charge in [-0.1, -0.05) is 62.3 Å². The van der Waals surface area contributed by atoms with Crippen molar-refractivity contribution in [2.24, 2.45) is 0 Å². The molecule has 3 aliphatic rings. The van der Waals surface area contributed by atoms with Crippen LogP contribution in [-0.4, -0.2) is 51.9 Å². The van der Waals surface area contributed by atoms with Gasteiger partial charge in [0.05, 0.1) is 10.6 Å². The normalized spacial score (nSPS) is 19.6. The number of amides is 1. The Bertz CT molecular complexity index is 1450. The van der Waals surface area contributed by atoms with Gasteiger partial charge < -0.3 is 9.80 Å². The van der Waals surface area contributed by atoms with Crippen molar-refractivity contribution >= 4 is 51.8 Å². The number of pyridine rings is 1. The smallest absolute Gasteiger partial charge is 0.270 e. The Balaban J connectivity index is 1.55. The molecule has 1 aliphatic carbocycles. The highest BCUT2D eigenvalue weighted by molar-refractivity contribution is 8.26. The van der Waals surface area contributed by atoms with Crippen LogP contribution in [0, 0.1) is 24.1 Å². The van der Waals surface area contributed by atoms with E-state index >= 15 is 0 Å². The zero-order valence-corrected chi connectivity index (χ0v) is 24.6. The van der Waals surface area contributed by atoms with Gasteiger partial charge in [-0.05, 0) is 50.0 Å². The van der Waals surface area contributed by atoms with Crippen molar-refractivity contribution in [1.82, 2.24) is 9.47 Å². The van der Waals surface area contributed by atoms with E-state index < -0.39 is 0 Å². The third kappa shape index (κ3) is 5.29. The molecule has 210 valence electrons. The molecule has 0 N–H and O–H groups in total. The highest BCUT2D eigenvalue weighted by Gasteiger charge is 2.38. The second kappa shape index (κ2) is 12.1. The average molecular weight is 580 g/mol. The minimum absolute atomic E-state index is 0.0937. The average Bonchev–Trinajstić information content (AvgIpc) is 3.25. The summed E-state index contributed by atoms with van der Waals surface area (Å²) in [6.07, 6.45) is 7.82. The van der Waals surface area contributed by atoms with E-state index in [2.05, 4.69) is 11.0 Å². The lowest BCUT2D eigenvalue weighted by molar-refractivity contribution is -0.124. The summed E-state index contributed by atoms with van der Waals surface area (Å²) in [6.45, 7) is 6.49. The molecule has 0 radical (unpaired) electrons. The molecule has 10 heteroatoms.